The van der Waals surface area contributed by atoms with E-state index < -0.39 is 12.4 Å². The van der Waals surface area contributed by atoms with Crippen molar-refractivity contribution < 1.29 is 0 Å². The lowest BCUT2D eigenvalue weighted by Gasteiger charge is -2.33. The van der Waals surface area contributed by atoms with Crippen LogP contribution in [0.15, 0.2) is 0 Å². The van der Waals surface area contributed by atoms with Gasteiger partial charge in [0.05, 0.1) is 0 Å². The van der Waals surface area contributed by atoms with Crippen molar-refractivity contribution in [3.8, 4) is 0 Å². The fraction of sp³-hybridized carbons (Fsp3) is 1.00. The molecule has 5 heteroatoms. The molecule has 0 saturated heterocycles. The summed E-state index contributed by atoms with van der Waals surface area (Å²) in [5.74, 6) is 0. The van der Waals surface area contributed by atoms with Gasteiger partial charge in [-0.05, 0) is 50.3 Å². The number of hydrogen-bond acceptors (Lipinski definition) is 2. The lowest BCUT2D eigenvalue weighted by Crippen LogP contribution is -2.17. The average molecular weight is 1100 g/mol. The van der Waals surface area contributed by atoms with Crippen LogP contribution in [0.25, 0.3) is 0 Å². The average Bonchev–Trinajstić information content (AvgIpc) is 3.38. The van der Waals surface area contributed by atoms with Gasteiger partial charge < -0.3 is 0 Å². The van der Waals surface area contributed by atoms with Crippen LogP contribution in [0.4, 0.5) is 0 Å². The molecule has 0 unspecified atom stereocenters. The fourth-order valence-electron chi connectivity index (χ4n) is 11.7. The quantitative estimate of drug-likeness (QED) is 0.0482. The minimum Gasteiger partial charge on any atom is -0.259 e. The van der Waals surface area contributed by atoms with Gasteiger partial charge in [0.25, 0.3) is 0 Å². The molecule has 0 aliphatic rings. The molecular formula is C68H141NP2S2. The molecule has 0 spiro atoms. The highest BCUT2D eigenvalue weighted by molar-refractivity contribution is 8.22. The van der Waals surface area contributed by atoms with Crippen LogP contribution in [-0.4, -0.2) is 24.6 Å². The van der Waals surface area contributed by atoms with E-state index in [2.05, 4.69) is 32.6 Å². The number of rotatable bonds is 66. The zero-order chi connectivity index (χ0) is 53.0. The molecule has 0 atom stereocenters. The highest BCUT2D eigenvalue weighted by atomic mass is 32.5. The maximum Gasteiger partial charge on any atom is 0.0164 e. The second-order valence-corrected chi connectivity index (χ2v) is 34.9. The molecule has 0 bridgehead atoms. The van der Waals surface area contributed by atoms with Crippen LogP contribution in [0.2, 0.25) is 0 Å². The predicted molar refractivity (Wildman–Crippen MR) is 351 cm³/mol. The van der Waals surface area contributed by atoms with Crippen molar-refractivity contribution in [3.63, 3.8) is 0 Å². The Balaban J connectivity index is 5.13. The van der Waals surface area contributed by atoms with Crippen molar-refractivity contribution in [1.82, 2.24) is 4.86 Å². The van der Waals surface area contributed by atoms with E-state index in [1.165, 1.54) is 410 Å². The summed E-state index contributed by atoms with van der Waals surface area (Å²) in [7, 11) is 0. The van der Waals surface area contributed by atoms with Crippen molar-refractivity contribution >= 4 is 36.0 Å². The van der Waals surface area contributed by atoms with Crippen LogP contribution in [0, 0.1) is 0 Å². The Hall–Kier alpha value is 1.26. The molecule has 1 nitrogen and oxygen atoms in total. The molecule has 0 rings (SSSR count). The topological polar surface area (TPSA) is 12.0 Å². The standard InChI is InChI=1S/C68H141NP2S2/c1-5-9-13-17-21-25-29-33-37-41-45-49-53-57-61-65-70(72,66-62-58-54-50-46-42-38-34-30-26-22-18-14-10-6-2)69-71(73,67-63-59-55-51-47-43-39-35-31-27-23-19-15-11-7-3)68-64-60-56-52-48-44-40-36-32-28-24-20-16-12-8-4/h5-68H2,1-4H3,(H,69,72,73). The third-order valence-electron chi connectivity index (χ3n) is 16.9. The minimum absolute atomic E-state index is 1.27. The van der Waals surface area contributed by atoms with E-state index in [0.717, 1.165) is 0 Å². The summed E-state index contributed by atoms with van der Waals surface area (Å²) in [4.78, 5) is 4.46. The van der Waals surface area contributed by atoms with Gasteiger partial charge in [-0.15, -0.1) is 0 Å². The van der Waals surface area contributed by atoms with Crippen molar-refractivity contribution in [2.45, 2.75) is 413 Å². The Morgan fingerprint density at radius 3 is 0.370 bits per heavy atom. The zero-order valence-electron chi connectivity index (χ0n) is 51.5. The van der Waals surface area contributed by atoms with Crippen molar-refractivity contribution in [1.29, 1.82) is 0 Å². The van der Waals surface area contributed by atoms with Crippen LogP contribution in [-0.2, 0) is 23.6 Å². The summed E-state index contributed by atoms with van der Waals surface area (Å²) in [6, 6.07) is 0. The van der Waals surface area contributed by atoms with Crippen molar-refractivity contribution in [2.24, 2.45) is 0 Å². The van der Waals surface area contributed by atoms with Gasteiger partial charge in [0.2, 0.25) is 0 Å². The summed E-state index contributed by atoms with van der Waals surface area (Å²) in [5, 5.41) is 0. The second kappa shape index (κ2) is 62.5. The fourth-order valence-corrected chi connectivity index (χ4v) is 24.2. The van der Waals surface area contributed by atoms with Crippen LogP contribution in [0.1, 0.15) is 413 Å². The summed E-state index contributed by atoms with van der Waals surface area (Å²) in [6.45, 7) is 9.30. The molecule has 0 aromatic carbocycles. The molecule has 0 aromatic heterocycles. The maximum absolute atomic E-state index is 6.93. The van der Waals surface area contributed by atoms with E-state index >= 15 is 0 Å². The third-order valence-corrected chi connectivity index (χ3v) is 27.6. The SMILES string of the molecule is CCCCCCCCCCCCCCCCCP(=S)(CCCCCCCCCCCCCCCCC)NP(=S)(CCCCCCCCCCCCCCCCC)CCCCCCCCCCCCCCCCC. The summed E-state index contributed by atoms with van der Waals surface area (Å²) < 4.78 is 0. The number of unbranched alkanes of at least 4 members (excludes halogenated alkanes) is 56. The molecule has 0 aromatic rings. The lowest BCUT2D eigenvalue weighted by atomic mass is 10.0. The number of nitrogens with one attached hydrogen (secondary N) is 1. The first kappa shape index (κ1) is 74.3. The summed E-state index contributed by atoms with van der Waals surface area (Å²) in [6.07, 6.45) is 87.8. The maximum atomic E-state index is 6.93. The molecule has 0 radical (unpaired) electrons. The Morgan fingerprint density at radius 2 is 0.260 bits per heavy atom. The van der Waals surface area contributed by atoms with Crippen molar-refractivity contribution in [3.05, 3.63) is 0 Å². The van der Waals surface area contributed by atoms with Crippen molar-refractivity contribution in [2.75, 3.05) is 24.6 Å². The summed E-state index contributed by atoms with van der Waals surface area (Å²) in [5.41, 5.74) is 0. The van der Waals surface area contributed by atoms with Gasteiger partial charge in [-0.1, -0.05) is 411 Å². The van der Waals surface area contributed by atoms with Crippen LogP contribution >= 0.6 is 12.4 Å². The van der Waals surface area contributed by atoms with Crippen LogP contribution in [0.3, 0.4) is 0 Å². The third kappa shape index (κ3) is 59.2. The normalized spacial score (nSPS) is 12.2. The summed E-state index contributed by atoms with van der Waals surface area (Å²) >= 11 is 13.9. The van der Waals surface area contributed by atoms with E-state index in [4.69, 9.17) is 23.6 Å². The Morgan fingerprint density at radius 1 is 0.164 bits per heavy atom. The van der Waals surface area contributed by atoms with E-state index in [1.807, 2.05) is 0 Å². The molecule has 0 aliphatic carbocycles. The smallest absolute Gasteiger partial charge is 0.0164 e. The Labute approximate surface area is 475 Å². The first-order valence-electron chi connectivity index (χ1n) is 34.9. The molecule has 0 aliphatic heterocycles. The molecular weight excluding hydrogens is 957 g/mol. The van der Waals surface area contributed by atoms with Gasteiger partial charge in [0.15, 0.2) is 0 Å². The molecule has 0 heterocycles. The first-order valence-corrected chi connectivity index (χ1v) is 41.3. The molecule has 1 N–H and O–H groups in total. The van der Waals surface area contributed by atoms with E-state index in [1.54, 1.807) is 0 Å². The van der Waals surface area contributed by atoms with Gasteiger partial charge >= 0.3 is 0 Å². The minimum atomic E-state index is -1.66. The van der Waals surface area contributed by atoms with Gasteiger partial charge in [-0.25, -0.2) is 0 Å². The second-order valence-electron chi connectivity index (χ2n) is 24.6. The van der Waals surface area contributed by atoms with E-state index in [9.17, 15) is 0 Å². The Kier molecular flexibility index (Phi) is 63.5. The molecule has 73 heavy (non-hydrogen) atoms. The van der Waals surface area contributed by atoms with Crippen LogP contribution in [0.5, 0.6) is 0 Å². The zero-order valence-corrected chi connectivity index (χ0v) is 54.9. The van der Waals surface area contributed by atoms with E-state index in [0.29, 0.717) is 0 Å². The first-order chi connectivity index (χ1) is 35.9. The number of hydrogen-bond donors (Lipinski definition) is 1. The molecule has 0 fully saturated rings. The molecule has 0 amide bonds. The predicted octanol–water partition coefficient (Wildman–Crippen LogP) is 26.9. The van der Waals surface area contributed by atoms with E-state index in [-0.39, 0.29) is 0 Å². The Bertz CT molecular complexity index is 952. The van der Waals surface area contributed by atoms with Gasteiger partial charge in [0.1, 0.15) is 0 Å². The highest BCUT2D eigenvalue weighted by Gasteiger charge is 2.25. The lowest BCUT2D eigenvalue weighted by molar-refractivity contribution is 0.534. The highest BCUT2D eigenvalue weighted by Crippen LogP contribution is 2.57. The van der Waals surface area contributed by atoms with Gasteiger partial charge in [-0.3, -0.25) is 4.86 Å². The van der Waals surface area contributed by atoms with Gasteiger partial charge in [-0.2, -0.15) is 0 Å². The van der Waals surface area contributed by atoms with Gasteiger partial charge in [0, 0.05) is 12.4 Å². The monoisotopic (exact) mass is 1100 g/mol. The molecule has 0 saturated carbocycles. The largest absolute Gasteiger partial charge is 0.259 e. The molecule has 440 valence electrons. The van der Waals surface area contributed by atoms with Crippen LogP contribution < -0.4 is 4.86 Å².